The molecule has 1 heterocycles. The Kier molecular flexibility index (Phi) is 3.58. The number of rotatable bonds is 4. The van der Waals surface area contributed by atoms with Crippen molar-refractivity contribution in [3.05, 3.63) is 29.9 Å². The van der Waals surface area contributed by atoms with Gasteiger partial charge in [0.15, 0.2) is 0 Å². The lowest BCUT2D eigenvalue weighted by molar-refractivity contribution is 0.398. The van der Waals surface area contributed by atoms with Crippen molar-refractivity contribution in [2.45, 2.75) is 0 Å². The summed E-state index contributed by atoms with van der Waals surface area (Å²) in [6.07, 6.45) is 1.68. The van der Waals surface area contributed by atoms with E-state index in [1.54, 1.807) is 19.4 Å². The number of ether oxygens (including phenoxy) is 1. The van der Waals surface area contributed by atoms with Crippen LogP contribution in [-0.4, -0.2) is 18.6 Å². The second-order valence-electron chi connectivity index (χ2n) is 2.46. The maximum Gasteiger partial charge on any atom is 0.213 e. The number of methoxy groups -OCH3 is 1. The number of anilines is 1. The molecular formula is C9H11ClN2O. The molecule has 0 spiro atoms. The van der Waals surface area contributed by atoms with E-state index < -0.39 is 0 Å². The van der Waals surface area contributed by atoms with Crippen LogP contribution < -0.4 is 10.1 Å². The number of halogens is 1. The van der Waals surface area contributed by atoms with E-state index in [1.165, 1.54) is 0 Å². The molecule has 13 heavy (non-hydrogen) atoms. The largest absolute Gasteiger partial charge is 0.481 e. The van der Waals surface area contributed by atoms with Crippen LogP contribution in [0, 0.1) is 0 Å². The first kappa shape index (κ1) is 9.86. The highest BCUT2D eigenvalue weighted by molar-refractivity contribution is 6.29. The van der Waals surface area contributed by atoms with Crippen molar-refractivity contribution in [3.63, 3.8) is 0 Å². The van der Waals surface area contributed by atoms with Crippen molar-refractivity contribution in [2.75, 3.05) is 19.0 Å². The summed E-state index contributed by atoms with van der Waals surface area (Å²) >= 11 is 5.58. The smallest absolute Gasteiger partial charge is 0.213 e. The normalized spacial score (nSPS) is 9.38. The van der Waals surface area contributed by atoms with Gasteiger partial charge >= 0.3 is 0 Å². The van der Waals surface area contributed by atoms with Crippen LogP contribution in [0.2, 0.25) is 0 Å². The van der Waals surface area contributed by atoms with Gasteiger partial charge in [-0.3, -0.25) is 0 Å². The van der Waals surface area contributed by atoms with Gasteiger partial charge in [0.25, 0.3) is 0 Å². The molecule has 0 unspecified atom stereocenters. The van der Waals surface area contributed by atoms with E-state index in [9.17, 15) is 0 Å². The Balaban J connectivity index is 2.54. The van der Waals surface area contributed by atoms with Gasteiger partial charge in [-0.25, -0.2) is 4.98 Å². The molecule has 0 fully saturated rings. The Morgan fingerprint density at radius 3 is 2.92 bits per heavy atom. The van der Waals surface area contributed by atoms with Gasteiger partial charge in [-0.2, -0.15) is 0 Å². The van der Waals surface area contributed by atoms with Crippen molar-refractivity contribution in [1.82, 2.24) is 4.98 Å². The Hall–Kier alpha value is -1.22. The zero-order valence-electron chi connectivity index (χ0n) is 7.38. The van der Waals surface area contributed by atoms with Gasteiger partial charge < -0.3 is 10.1 Å². The average molecular weight is 199 g/mol. The van der Waals surface area contributed by atoms with Crippen LogP contribution in [0.4, 0.5) is 5.69 Å². The van der Waals surface area contributed by atoms with Crippen LogP contribution in [0.1, 0.15) is 0 Å². The van der Waals surface area contributed by atoms with E-state index >= 15 is 0 Å². The number of nitrogens with zero attached hydrogens (tertiary/aromatic N) is 1. The van der Waals surface area contributed by atoms with E-state index in [2.05, 4.69) is 16.9 Å². The highest BCUT2D eigenvalue weighted by atomic mass is 35.5. The molecule has 1 aromatic rings. The highest BCUT2D eigenvalue weighted by Gasteiger charge is 1.94. The summed E-state index contributed by atoms with van der Waals surface area (Å²) in [6, 6.07) is 3.64. The van der Waals surface area contributed by atoms with Crippen molar-refractivity contribution in [1.29, 1.82) is 0 Å². The van der Waals surface area contributed by atoms with Gasteiger partial charge in [-0.15, -0.1) is 0 Å². The van der Waals surface area contributed by atoms with Crippen LogP contribution in [0.3, 0.4) is 0 Å². The third-order valence-electron chi connectivity index (χ3n) is 1.43. The summed E-state index contributed by atoms with van der Waals surface area (Å²) in [6.45, 7) is 4.10. The lowest BCUT2D eigenvalue weighted by Gasteiger charge is -2.04. The Morgan fingerprint density at radius 2 is 2.46 bits per heavy atom. The molecule has 1 rings (SSSR count). The zero-order valence-corrected chi connectivity index (χ0v) is 8.14. The first-order valence-electron chi connectivity index (χ1n) is 3.79. The molecule has 0 aliphatic rings. The summed E-state index contributed by atoms with van der Waals surface area (Å²) in [4.78, 5) is 4.02. The number of nitrogens with one attached hydrogen (secondary N) is 1. The number of pyridine rings is 1. The zero-order chi connectivity index (χ0) is 9.68. The predicted octanol–water partition coefficient (Wildman–Crippen LogP) is 2.25. The van der Waals surface area contributed by atoms with Gasteiger partial charge in [-0.05, 0) is 6.07 Å². The molecule has 0 aliphatic carbocycles. The molecule has 70 valence electrons. The molecule has 4 heteroatoms. The minimum Gasteiger partial charge on any atom is -0.481 e. The Labute approximate surface area is 82.4 Å². The second-order valence-corrected chi connectivity index (χ2v) is 2.99. The molecule has 0 radical (unpaired) electrons. The van der Waals surface area contributed by atoms with Gasteiger partial charge in [-0.1, -0.05) is 18.2 Å². The van der Waals surface area contributed by atoms with Crippen LogP contribution in [0.5, 0.6) is 5.88 Å². The molecule has 0 saturated heterocycles. The number of hydrogen-bond acceptors (Lipinski definition) is 3. The Bertz CT molecular complexity index is 284. The van der Waals surface area contributed by atoms with Gasteiger partial charge in [0.05, 0.1) is 25.5 Å². The summed E-state index contributed by atoms with van der Waals surface area (Å²) in [5.41, 5.74) is 0.891. The fourth-order valence-corrected chi connectivity index (χ4v) is 0.870. The first-order valence-corrected chi connectivity index (χ1v) is 4.17. The van der Waals surface area contributed by atoms with Crippen molar-refractivity contribution < 1.29 is 4.74 Å². The first-order chi connectivity index (χ1) is 6.22. The fourth-order valence-electron chi connectivity index (χ4n) is 0.804. The second kappa shape index (κ2) is 4.72. The summed E-state index contributed by atoms with van der Waals surface area (Å²) in [5.74, 6) is 0.593. The van der Waals surface area contributed by atoms with Crippen LogP contribution >= 0.6 is 11.6 Å². The summed E-state index contributed by atoms with van der Waals surface area (Å²) in [5, 5.41) is 3.61. The third kappa shape index (κ3) is 3.34. The van der Waals surface area contributed by atoms with Crippen LogP contribution in [-0.2, 0) is 0 Å². The summed E-state index contributed by atoms with van der Waals surface area (Å²) in [7, 11) is 1.58. The molecule has 1 N–H and O–H groups in total. The van der Waals surface area contributed by atoms with Crippen LogP contribution in [0.25, 0.3) is 0 Å². The minimum atomic E-state index is 0.537. The molecule has 1 aromatic heterocycles. The van der Waals surface area contributed by atoms with E-state index in [0.717, 1.165) is 5.69 Å². The number of hydrogen-bond donors (Lipinski definition) is 1. The molecule has 0 aliphatic heterocycles. The van der Waals surface area contributed by atoms with Gasteiger partial charge in [0.2, 0.25) is 5.88 Å². The SMILES string of the molecule is C=C(Cl)CNc1ccc(OC)nc1. The summed E-state index contributed by atoms with van der Waals surface area (Å²) < 4.78 is 4.91. The fraction of sp³-hybridized carbons (Fsp3) is 0.222. The quantitative estimate of drug-likeness (QED) is 0.806. The van der Waals surface area contributed by atoms with Crippen LogP contribution in [0.15, 0.2) is 29.9 Å². The Morgan fingerprint density at radius 1 is 1.69 bits per heavy atom. The van der Waals surface area contributed by atoms with Crippen molar-refractivity contribution in [3.8, 4) is 5.88 Å². The molecular weight excluding hydrogens is 188 g/mol. The molecule has 0 aromatic carbocycles. The maximum absolute atomic E-state index is 5.58. The van der Waals surface area contributed by atoms with E-state index in [0.29, 0.717) is 17.5 Å². The van der Waals surface area contributed by atoms with E-state index in [4.69, 9.17) is 16.3 Å². The maximum atomic E-state index is 5.58. The minimum absolute atomic E-state index is 0.537. The monoisotopic (exact) mass is 198 g/mol. The molecule has 0 saturated carbocycles. The predicted molar refractivity (Wildman–Crippen MR) is 54.3 cm³/mol. The molecule has 0 bridgehead atoms. The van der Waals surface area contributed by atoms with Crippen molar-refractivity contribution >= 4 is 17.3 Å². The molecule has 0 atom stereocenters. The highest BCUT2D eigenvalue weighted by Crippen LogP contribution is 2.11. The standard InChI is InChI=1S/C9H11ClN2O/c1-7(10)5-11-8-3-4-9(13-2)12-6-8/h3-4,6,11H,1,5H2,2H3. The average Bonchev–Trinajstić information content (AvgIpc) is 2.15. The topological polar surface area (TPSA) is 34.1 Å². The molecule has 3 nitrogen and oxygen atoms in total. The lowest BCUT2D eigenvalue weighted by atomic mass is 10.4. The molecule has 0 amide bonds. The van der Waals surface area contributed by atoms with Crippen molar-refractivity contribution in [2.24, 2.45) is 0 Å². The number of aromatic nitrogens is 1. The van der Waals surface area contributed by atoms with E-state index in [-0.39, 0.29) is 0 Å². The third-order valence-corrected chi connectivity index (χ3v) is 1.56. The lowest BCUT2D eigenvalue weighted by Crippen LogP contribution is -2.01. The van der Waals surface area contributed by atoms with E-state index in [1.807, 2.05) is 6.07 Å². The van der Waals surface area contributed by atoms with Gasteiger partial charge in [0.1, 0.15) is 0 Å². The van der Waals surface area contributed by atoms with Gasteiger partial charge in [0, 0.05) is 11.1 Å².